The van der Waals surface area contributed by atoms with Crippen LogP contribution in [0.3, 0.4) is 0 Å². The molecular weight excluding hydrogens is 270 g/mol. The van der Waals surface area contributed by atoms with Crippen LogP contribution in [-0.4, -0.2) is 17.3 Å². The third kappa shape index (κ3) is 3.33. The number of hydrogen-bond donors (Lipinski definition) is 2. The smallest absolute Gasteiger partial charge is 0.255 e. The van der Waals surface area contributed by atoms with Crippen LogP contribution in [-0.2, 0) is 6.54 Å². The average Bonchev–Trinajstić information content (AvgIpc) is 2.48. The van der Waals surface area contributed by atoms with E-state index in [-0.39, 0.29) is 11.7 Å². The molecule has 0 aliphatic carbocycles. The minimum atomic E-state index is -0.264. The van der Waals surface area contributed by atoms with Crippen LogP contribution in [0.5, 0.6) is 5.75 Å². The van der Waals surface area contributed by atoms with Crippen molar-refractivity contribution in [3.63, 3.8) is 0 Å². The lowest BCUT2D eigenvalue weighted by Crippen LogP contribution is -2.22. The van der Waals surface area contributed by atoms with Crippen LogP contribution in [0.2, 0.25) is 0 Å². The fraction of sp³-hybridized carbons (Fsp3) is 0.188. The first-order chi connectivity index (χ1) is 9.61. The molecule has 2 rings (SSSR count). The van der Waals surface area contributed by atoms with Crippen molar-refractivity contribution in [3.05, 3.63) is 59.2 Å². The molecule has 0 heterocycles. The standard InChI is InChI=1S/C16H17NO2S/c1-11-4-3-5-14(15(11)18)16(19)17-10-12-6-8-13(20-2)9-7-12/h3-9,18H,10H2,1-2H3,(H,17,19). The molecule has 1 amide bonds. The van der Waals surface area contributed by atoms with Gasteiger partial charge < -0.3 is 10.4 Å². The molecule has 0 bridgehead atoms. The number of carbonyl (C=O) groups excluding carboxylic acids is 1. The Morgan fingerprint density at radius 2 is 1.90 bits per heavy atom. The normalized spacial score (nSPS) is 10.3. The Hall–Kier alpha value is -1.94. The van der Waals surface area contributed by atoms with Crippen LogP contribution in [0.4, 0.5) is 0 Å². The molecule has 2 N–H and O–H groups in total. The number of benzene rings is 2. The Morgan fingerprint density at radius 3 is 2.55 bits per heavy atom. The number of aromatic hydroxyl groups is 1. The Bertz CT molecular complexity index is 608. The summed E-state index contributed by atoms with van der Waals surface area (Å²) in [4.78, 5) is 13.2. The predicted octanol–water partition coefficient (Wildman–Crippen LogP) is 3.35. The summed E-state index contributed by atoms with van der Waals surface area (Å²) in [6.45, 7) is 2.22. The molecule has 4 heteroatoms. The number of phenols is 1. The van der Waals surface area contributed by atoms with Gasteiger partial charge in [-0.15, -0.1) is 11.8 Å². The Labute approximate surface area is 123 Å². The van der Waals surface area contributed by atoms with Crippen molar-refractivity contribution in [3.8, 4) is 5.75 Å². The van der Waals surface area contributed by atoms with Gasteiger partial charge in [0.1, 0.15) is 5.75 Å². The minimum Gasteiger partial charge on any atom is -0.507 e. The molecule has 0 atom stereocenters. The molecule has 0 spiro atoms. The molecule has 0 fully saturated rings. The van der Waals surface area contributed by atoms with E-state index in [0.717, 1.165) is 5.56 Å². The second-order valence-corrected chi connectivity index (χ2v) is 5.38. The highest BCUT2D eigenvalue weighted by molar-refractivity contribution is 7.98. The van der Waals surface area contributed by atoms with Gasteiger partial charge in [0.2, 0.25) is 0 Å². The summed E-state index contributed by atoms with van der Waals surface area (Å²) in [5.41, 5.74) is 2.04. The van der Waals surface area contributed by atoms with Gasteiger partial charge in [0.05, 0.1) is 5.56 Å². The molecule has 0 aromatic heterocycles. The van der Waals surface area contributed by atoms with Gasteiger partial charge in [0.25, 0.3) is 5.91 Å². The summed E-state index contributed by atoms with van der Waals surface area (Å²) in [6.07, 6.45) is 2.03. The third-order valence-electron chi connectivity index (χ3n) is 3.09. The van der Waals surface area contributed by atoms with Crippen LogP contribution in [0.25, 0.3) is 0 Å². The summed E-state index contributed by atoms with van der Waals surface area (Å²) in [5.74, 6) is -0.220. The van der Waals surface area contributed by atoms with Crippen LogP contribution in [0.15, 0.2) is 47.4 Å². The molecule has 0 unspecified atom stereocenters. The van der Waals surface area contributed by atoms with Gasteiger partial charge in [-0.1, -0.05) is 24.3 Å². The number of amides is 1. The number of para-hydroxylation sites is 1. The monoisotopic (exact) mass is 287 g/mol. The number of phenolic OH excluding ortho intramolecular Hbond substituents is 1. The van der Waals surface area contributed by atoms with Crippen molar-refractivity contribution < 1.29 is 9.90 Å². The van der Waals surface area contributed by atoms with E-state index in [1.165, 1.54) is 4.90 Å². The first-order valence-corrected chi connectivity index (χ1v) is 7.54. The van der Waals surface area contributed by atoms with Gasteiger partial charge in [-0.25, -0.2) is 0 Å². The largest absolute Gasteiger partial charge is 0.507 e. The maximum absolute atomic E-state index is 12.0. The third-order valence-corrected chi connectivity index (χ3v) is 3.84. The highest BCUT2D eigenvalue weighted by Crippen LogP contribution is 2.21. The lowest BCUT2D eigenvalue weighted by Gasteiger charge is -2.08. The molecule has 0 aliphatic rings. The first kappa shape index (κ1) is 14.5. The maximum Gasteiger partial charge on any atom is 0.255 e. The molecule has 0 aliphatic heterocycles. The second kappa shape index (κ2) is 6.48. The van der Waals surface area contributed by atoms with Crippen molar-refractivity contribution in [1.82, 2.24) is 5.32 Å². The summed E-state index contributed by atoms with van der Waals surface area (Å²) in [6, 6.07) is 13.2. The van der Waals surface area contributed by atoms with Crippen LogP contribution >= 0.6 is 11.8 Å². The Kier molecular flexibility index (Phi) is 4.69. The molecule has 3 nitrogen and oxygen atoms in total. The second-order valence-electron chi connectivity index (χ2n) is 4.50. The van der Waals surface area contributed by atoms with Crippen molar-refractivity contribution in [2.24, 2.45) is 0 Å². The fourth-order valence-electron chi connectivity index (χ4n) is 1.86. The molecule has 104 valence electrons. The molecule has 0 saturated heterocycles. The fourth-order valence-corrected chi connectivity index (χ4v) is 2.27. The van der Waals surface area contributed by atoms with E-state index in [1.54, 1.807) is 36.9 Å². The Balaban J connectivity index is 2.02. The number of thioether (sulfide) groups is 1. The minimum absolute atomic E-state index is 0.0442. The number of carbonyl (C=O) groups is 1. The molecular formula is C16H17NO2S. The van der Waals surface area contributed by atoms with Gasteiger partial charge in [0.15, 0.2) is 0 Å². The van der Waals surface area contributed by atoms with Crippen molar-refractivity contribution >= 4 is 17.7 Å². The van der Waals surface area contributed by atoms with Gasteiger partial charge >= 0.3 is 0 Å². The highest BCUT2D eigenvalue weighted by Gasteiger charge is 2.11. The number of nitrogens with one attached hydrogen (secondary N) is 1. The molecule has 0 saturated carbocycles. The van der Waals surface area contributed by atoms with E-state index < -0.39 is 0 Å². The summed E-state index contributed by atoms with van der Waals surface area (Å²) in [7, 11) is 0. The molecule has 2 aromatic carbocycles. The van der Waals surface area contributed by atoms with E-state index in [1.807, 2.05) is 30.5 Å². The van der Waals surface area contributed by atoms with E-state index >= 15 is 0 Å². The average molecular weight is 287 g/mol. The van der Waals surface area contributed by atoms with Crippen LogP contribution in [0.1, 0.15) is 21.5 Å². The number of aryl methyl sites for hydroxylation is 1. The van der Waals surface area contributed by atoms with E-state index in [0.29, 0.717) is 17.7 Å². The van der Waals surface area contributed by atoms with Crippen molar-refractivity contribution in [2.75, 3.05) is 6.26 Å². The zero-order valence-electron chi connectivity index (χ0n) is 11.5. The van der Waals surface area contributed by atoms with Gasteiger partial charge in [0, 0.05) is 11.4 Å². The zero-order valence-corrected chi connectivity index (χ0v) is 12.3. The molecule has 0 radical (unpaired) electrons. The van der Waals surface area contributed by atoms with E-state index in [9.17, 15) is 9.90 Å². The predicted molar refractivity (Wildman–Crippen MR) is 82.2 cm³/mol. The molecule has 2 aromatic rings. The van der Waals surface area contributed by atoms with Crippen molar-refractivity contribution in [1.29, 1.82) is 0 Å². The molecule has 20 heavy (non-hydrogen) atoms. The number of hydrogen-bond acceptors (Lipinski definition) is 3. The summed E-state index contributed by atoms with van der Waals surface area (Å²) >= 11 is 1.68. The van der Waals surface area contributed by atoms with Gasteiger partial charge in [-0.2, -0.15) is 0 Å². The van der Waals surface area contributed by atoms with Crippen molar-refractivity contribution in [2.45, 2.75) is 18.4 Å². The van der Waals surface area contributed by atoms with Crippen LogP contribution in [0, 0.1) is 6.92 Å². The SMILES string of the molecule is CSc1ccc(CNC(=O)c2cccc(C)c2O)cc1. The van der Waals surface area contributed by atoms with E-state index in [2.05, 4.69) is 5.32 Å². The van der Waals surface area contributed by atoms with E-state index in [4.69, 9.17) is 0 Å². The number of rotatable bonds is 4. The quantitative estimate of drug-likeness (QED) is 0.848. The topological polar surface area (TPSA) is 49.3 Å². The highest BCUT2D eigenvalue weighted by atomic mass is 32.2. The lowest BCUT2D eigenvalue weighted by molar-refractivity contribution is 0.0948. The Morgan fingerprint density at radius 1 is 1.20 bits per heavy atom. The summed E-state index contributed by atoms with van der Waals surface area (Å²) in [5, 5.41) is 12.7. The van der Waals surface area contributed by atoms with Gasteiger partial charge in [-0.3, -0.25) is 4.79 Å². The van der Waals surface area contributed by atoms with Gasteiger partial charge in [-0.05, 0) is 42.5 Å². The summed E-state index contributed by atoms with van der Waals surface area (Å²) < 4.78 is 0. The van der Waals surface area contributed by atoms with Crippen LogP contribution < -0.4 is 5.32 Å². The zero-order chi connectivity index (χ0) is 14.5. The lowest BCUT2D eigenvalue weighted by atomic mass is 10.1. The maximum atomic E-state index is 12.0. The first-order valence-electron chi connectivity index (χ1n) is 6.31.